The number of carbonyl (C=O) groups excluding carboxylic acids is 1. The molecule has 0 aliphatic heterocycles. The molecule has 0 amide bonds. The van der Waals surface area contributed by atoms with Crippen molar-refractivity contribution in [1.29, 1.82) is 0 Å². The number of hydrogen-bond donors (Lipinski definition) is 0. The van der Waals surface area contributed by atoms with Gasteiger partial charge in [0, 0.05) is 24.0 Å². The molecule has 4 nitrogen and oxygen atoms in total. The number of carbonyl (C=O) groups is 1. The van der Waals surface area contributed by atoms with Gasteiger partial charge in [0.1, 0.15) is 11.5 Å². The highest BCUT2D eigenvalue weighted by Crippen LogP contribution is 2.28. The number of ether oxygens (including phenoxy) is 2. The van der Waals surface area contributed by atoms with E-state index in [0.717, 1.165) is 0 Å². The Balaban J connectivity index is 2.47. The van der Waals surface area contributed by atoms with Crippen LogP contribution < -0.4 is 9.47 Å². The molecular weight excluding hydrogens is 266 g/mol. The maximum absolute atomic E-state index is 12.4. The summed E-state index contributed by atoms with van der Waals surface area (Å²) in [7, 11) is 3.05. The van der Waals surface area contributed by atoms with E-state index in [9.17, 15) is 4.79 Å². The van der Waals surface area contributed by atoms with Gasteiger partial charge < -0.3 is 9.47 Å². The molecule has 0 radical (unpaired) electrons. The molecule has 0 N–H and O–H groups in total. The Morgan fingerprint density at radius 3 is 2.58 bits per heavy atom. The van der Waals surface area contributed by atoms with Gasteiger partial charge in [-0.25, -0.2) is 0 Å². The van der Waals surface area contributed by atoms with Gasteiger partial charge in [-0.05, 0) is 18.2 Å². The largest absolute Gasteiger partial charge is 0.497 e. The molecule has 0 saturated heterocycles. The summed E-state index contributed by atoms with van der Waals surface area (Å²) in [5, 5.41) is 0.311. The third kappa shape index (κ3) is 2.69. The normalized spacial score (nSPS) is 10.1. The second kappa shape index (κ2) is 5.71. The summed E-state index contributed by atoms with van der Waals surface area (Å²) in [6, 6.07) is 6.58. The number of ketones is 1. The summed E-state index contributed by atoms with van der Waals surface area (Å²) in [5.41, 5.74) is 0.816. The maximum Gasteiger partial charge on any atom is 0.198 e. The SMILES string of the molecule is COc1ccc(C(=O)c2ccncc2Cl)c(OC)c1. The van der Waals surface area contributed by atoms with E-state index in [-0.39, 0.29) is 5.78 Å². The second-order valence-corrected chi connectivity index (χ2v) is 4.16. The molecule has 1 heterocycles. The average Bonchev–Trinajstić information content (AvgIpc) is 2.46. The monoisotopic (exact) mass is 277 g/mol. The number of nitrogens with zero attached hydrogens (tertiary/aromatic N) is 1. The van der Waals surface area contributed by atoms with Crippen LogP contribution in [0.2, 0.25) is 5.02 Å². The van der Waals surface area contributed by atoms with Gasteiger partial charge in [0.25, 0.3) is 0 Å². The fraction of sp³-hybridized carbons (Fsp3) is 0.143. The minimum Gasteiger partial charge on any atom is -0.497 e. The molecule has 5 heteroatoms. The molecule has 2 aromatic rings. The number of methoxy groups -OCH3 is 2. The number of aromatic nitrogens is 1. The van der Waals surface area contributed by atoms with Gasteiger partial charge in [0.05, 0.1) is 24.8 Å². The molecule has 0 bridgehead atoms. The van der Waals surface area contributed by atoms with Crippen molar-refractivity contribution in [3.05, 3.63) is 52.8 Å². The van der Waals surface area contributed by atoms with Crippen molar-refractivity contribution >= 4 is 17.4 Å². The van der Waals surface area contributed by atoms with Crippen molar-refractivity contribution in [2.24, 2.45) is 0 Å². The first kappa shape index (κ1) is 13.4. The molecule has 19 heavy (non-hydrogen) atoms. The zero-order valence-electron chi connectivity index (χ0n) is 10.5. The van der Waals surface area contributed by atoms with Crippen molar-refractivity contribution in [3.8, 4) is 11.5 Å². The van der Waals surface area contributed by atoms with Crippen molar-refractivity contribution in [2.75, 3.05) is 14.2 Å². The van der Waals surface area contributed by atoms with E-state index in [4.69, 9.17) is 21.1 Å². The number of hydrogen-bond acceptors (Lipinski definition) is 4. The molecule has 0 unspecified atom stereocenters. The zero-order valence-corrected chi connectivity index (χ0v) is 11.3. The molecule has 0 atom stereocenters. The molecular formula is C14H12ClNO3. The molecule has 0 fully saturated rings. The Hall–Kier alpha value is -2.07. The lowest BCUT2D eigenvalue weighted by Gasteiger charge is -2.10. The second-order valence-electron chi connectivity index (χ2n) is 3.75. The Morgan fingerprint density at radius 2 is 1.95 bits per heavy atom. The van der Waals surface area contributed by atoms with Gasteiger partial charge in [-0.15, -0.1) is 0 Å². The highest BCUT2D eigenvalue weighted by Gasteiger charge is 2.17. The zero-order chi connectivity index (χ0) is 13.8. The molecule has 0 spiro atoms. The minimum atomic E-state index is -0.216. The lowest BCUT2D eigenvalue weighted by molar-refractivity contribution is 0.103. The number of rotatable bonds is 4. The first-order valence-corrected chi connectivity index (χ1v) is 5.91. The lowest BCUT2D eigenvalue weighted by Crippen LogP contribution is -2.05. The Labute approximate surface area is 115 Å². The standard InChI is InChI=1S/C14H12ClNO3/c1-18-9-3-4-11(13(7-9)19-2)14(17)10-5-6-16-8-12(10)15/h3-8H,1-2H3. The first-order valence-electron chi connectivity index (χ1n) is 5.53. The van der Waals surface area contributed by atoms with Crippen molar-refractivity contribution in [1.82, 2.24) is 4.98 Å². The van der Waals surface area contributed by atoms with Gasteiger partial charge in [-0.3, -0.25) is 9.78 Å². The quantitative estimate of drug-likeness (QED) is 0.806. The van der Waals surface area contributed by atoms with E-state index >= 15 is 0 Å². The minimum absolute atomic E-state index is 0.216. The van der Waals surface area contributed by atoms with E-state index in [1.54, 1.807) is 31.4 Å². The van der Waals surface area contributed by atoms with Crippen LogP contribution in [0.5, 0.6) is 11.5 Å². The van der Waals surface area contributed by atoms with Crippen LogP contribution >= 0.6 is 11.6 Å². The van der Waals surface area contributed by atoms with Crippen LogP contribution in [0, 0.1) is 0 Å². The summed E-state index contributed by atoms with van der Waals surface area (Å²) in [6.45, 7) is 0. The summed E-state index contributed by atoms with van der Waals surface area (Å²) >= 11 is 5.97. The fourth-order valence-corrected chi connectivity index (χ4v) is 1.90. The molecule has 2 rings (SSSR count). The van der Waals surface area contributed by atoms with Gasteiger partial charge in [0.15, 0.2) is 5.78 Å². The van der Waals surface area contributed by atoms with Crippen molar-refractivity contribution < 1.29 is 14.3 Å². The molecule has 0 saturated carbocycles. The Kier molecular flexibility index (Phi) is 4.02. The highest BCUT2D eigenvalue weighted by molar-refractivity contribution is 6.35. The Morgan fingerprint density at radius 1 is 1.16 bits per heavy atom. The summed E-state index contributed by atoms with van der Waals surface area (Å²) in [5.74, 6) is 0.846. The highest BCUT2D eigenvalue weighted by atomic mass is 35.5. The van der Waals surface area contributed by atoms with Gasteiger partial charge in [0.2, 0.25) is 0 Å². The number of benzene rings is 1. The van der Waals surface area contributed by atoms with Crippen LogP contribution in [0.4, 0.5) is 0 Å². The van der Waals surface area contributed by atoms with Crippen LogP contribution in [0.1, 0.15) is 15.9 Å². The smallest absolute Gasteiger partial charge is 0.198 e. The third-order valence-corrected chi connectivity index (χ3v) is 2.97. The average molecular weight is 278 g/mol. The molecule has 98 valence electrons. The number of halogens is 1. The van der Waals surface area contributed by atoms with Crippen molar-refractivity contribution in [2.45, 2.75) is 0 Å². The van der Waals surface area contributed by atoms with Crippen molar-refractivity contribution in [3.63, 3.8) is 0 Å². The van der Waals surface area contributed by atoms with E-state index < -0.39 is 0 Å². The molecule has 1 aromatic carbocycles. The third-order valence-electron chi connectivity index (χ3n) is 2.67. The summed E-state index contributed by atoms with van der Waals surface area (Å²) in [6.07, 6.45) is 2.96. The van der Waals surface area contributed by atoms with E-state index in [1.165, 1.54) is 19.5 Å². The van der Waals surface area contributed by atoms with Crippen LogP contribution in [0.25, 0.3) is 0 Å². The fourth-order valence-electron chi connectivity index (χ4n) is 1.69. The summed E-state index contributed by atoms with van der Waals surface area (Å²) < 4.78 is 10.3. The van der Waals surface area contributed by atoms with E-state index in [0.29, 0.717) is 27.6 Å². The Bertz CT molecular complexity index is 613. The molecule has 0 aliphatic rings. The lowest BCUT2D eigenvalue weighted by atomic mass is 10.0. The van der Waals surface area contributed by atoms with Crippen LogP contribution in [-0.4, -0.2) is 25.0 Å². The van der Waals surface area contributed by atoms with Crippen LogP contribution in [-0.2, 0) is 0 Å². The predicted octanol–water partition coefficient (Wildman–Crippen LogP) is 2.98. The summed E-state index contributed by atoms with van der Waals surface area (Å²) in [4.78, 5) is 16.3. The van der Waals surface area contributed by atoms with Gasteiger partial charge >= 0.3 is 0 Å². The van der Waals surface area contributed by atoms with Gasteiger partial charge in [-0.2, -0.15) is 0 Å². The van der Waals surface area contributed by atoms with Gasteiger partial charge in [-0.1, -0.05) is 11.6 Å². The predicted molar refractivity (Wildman–Crippen MR) is 72.2 cm³/mol. The maximum atomic E-state index is 12.4. The first-order chi connectivity index (χ1) is 9.17. The topological polar surface area (TPSA) is 48.4 Å². The molecule has 0 aliphatic carbocycles. The van der Waals surface area contributed by atoms with Crippen LogP contribution in [0.15, 0.2) is 36.7 Å². The van der Waals surface area contributed by atoms with Crippen LogP contribution in [0.3, 0.4) is 0 Å². The molecule has 1 aromatic heterocycles. The van der Waals surface area contributed by atoms with E-state index in [1.807, 2.05) is 0 Å². The number of pyridine rings is 1. The van der Waals surface area contributed by atoms with E-state index in [2.05, 4.69) is 4.98 Å².